The Labute approximate surface area is 186 Å². The number of pyridine rings is 1. The van der Waals surface area contributed by atoms with Gasteiger partial charge in [-0.3, -0.25) is 4.79 Å². The van der Waals surface area contributed by atoms with Gasteiger partial charge in [-0.1, -0.05) is 0 Å². The third-order valence-electron chi connectivity index (χ3n) is 5.61. The maximum Gasteiger partial charge on any atom is 0.259 e. The fourth-order valence-corrected chi connectivity index (χ4v) is 4.11. The number of hydrogen-bond donors (Lipinski definition) is 2. The highest BCUT2D eigenvalue weighted by Gasteiger charge is 2.24. The fourth-order valence-electron chi connectivity index (χ4n) is 4.11. The fraction of sp³-hybridized carbons (Fsp3) is 0.455. The number of hydrogen-bond acceptors (Lipinski definition) is 7. The van der Waals surface area contributed by atoms with Crippen LogP contribution in [0.25, 0.3) is 5.65 Å². The van der Waals surface area contributed by atoms with E-state index in [2.05, 4.69) is 37.4 Å². The Balaban J connectivity index is 1.60. The Bertz CT molecular complexity index is 1110. The van der Waals surface area contributed by atoms with Crippen molar-refractivity contribution in [1.29, 1.82) is 0 Å². The second-order valence-corrected chi connectivity index (χ2v) is 7.87. The van der Waals surface area contributed by atoms with E-state index in [-0.39, 0.29) is 12.3 Å². The van der Waals surface area contributed by atoms with Gasteiger partial charge in [0.1, 0.15) is 0 Å². The second kappa shape index (κ2) is 9.58. The Morgan fingerprint density at radius 2 is 2.12 bits per heavy atom. The first-order chi connectivity index (χ1) is 15.5. The van der Waals surface area contributed by atoms with Crippen LogP contribution in [0.3, 0.4) is 0 Å². The first kappa shape index (κ1) is 22.1. The Kier molecular flexibility index (Phi) is 6.61. The molecule has 1 aliphatic rings. The lowest BCUT2D eigenvalue weighted by molar-refractivity contribution is 0.102. The van der Waals surface area contributed by atoms with Crippen molar-refractivity contribution in [2.75, 3.05) is 37.0 Å². The highest BCUT2D eigenvalue weighted by molar-refractivity contribution is 6.04. The minimum Gasteiger partial charge on any atom is -0.378 e. The first-order valence-corrected chi connectivity index (χ1v) is 10.8. The van der Waals surface area contributed by atoms with Crippen LogP contribution in [-0.2, 0) is 11.3 Å². The van der Waals surface area contributed by atoms with Gasteiger partial charge in [0.2, 0.25) is 5.95 Å². The number of aryl methyl sites for hydroxylation is 1. The number of fused-ring (bicyclic) bond motifs is 1. The lowest BCUT2D eigenvalue weighted by atomic mass is 10.1. The van der Waals surface area contributed by atoms with Gasteiger partial charge in [-0.05, 0) is 39.8 Å². The summed E-state index contributed by atoms with van der Waals surface area (Å²) in [5, 5.41) is 6.11. The van der Waals surface area contributed by atoms with Gasteiger partial charge in [0.25, 0.3) is 5.91 Å². The van der Waals surface area contributed by atoms with Gasteiger partial charge < -0.3 is 24.7 Å². The van der Waals surface area contributed by atoms with Crippen molar-refractivity contribution < 1.29 is 13.9 Å². The van der Waals surface area contributed by atoms with Crippen molar-refractivity contribution in [2.45, 2.75) is 39.3 Å². The summed E-state index contributed by atoms with van der Waals surface area (Å²) in [6.45, 7) is 6.71. The van der Waals surface area contributed by atoms with E-state index < -0.39 is 11.7 Å². The molecule has 1 aliphatic heterocycles. The van der Waals surface area contributed by atoms with Crippen molar-refractivity contribution in [3.63, 3.8) is 0 Å². The van der Waals surface area contributed by atoms with E-state index in [0.29, 0.717) is 34.6 Å². The molecule has 32 heavy (non-hydrogen) atoms. The number of carbonyl (C=O) groups excluding carboxylic acids is 1. The highest BCUT2D eigenvalue weighted by atomic mass is 19.1. The largest absolute Gasteiger partial charge is 0.378 e. The van der Waals surface area contributed by atoms with E-state index in [1.807, 2.05) is 0 Å². The lowest BCUT2D eigenvalue weighted by Gasteiger charge is -2.34. The third kappa shape index (κ3) is 4.56. The molecule has 4 rings (SSSR count). The van der Waals surface area contributed by atoms with Crippen LogP contribution in [0.1, 0.15) is 41.5 Å². The number of carbonyl (C=O) groups is 1. The number of halogens is 1. The van der Waals surface area contributed by atoms with Gasteiger partial charge in [-0.2, -0.15) is 0 Å². The van der Waals surface area contributed by atoms with Crippen LogP contribution in [0, 0.1) is 12.7 Å². The molecule has 0 bridgehead atoms. The molecule has 2 N–H and O–H groups in total. The summed E-state index contributed by atoms with van der Waals surface area (Å²) in [6.07, 6.45) is 6.87. The lowest BCUT2D eigenvalue weighted by Crippen LogP contribution is -2.44. The molecule has 0 saturated carbocycles. The number of imidazole rings is 1. The van der Waals surface area contributed by atoms with E-state index in [1.165, 1.54) is 12.3 Å². The van der Waals surface area contributed by atoms with Crippen molar-refractivity contribution >= 4 is 23.2 Å². The third-order valence-corrected chi connectivity index (χ3v) is 5.61. The van der Waals surface area contributed by atoms with E-state index >= 15 is 0 Å². The van der Waals surface area contributed by atoms with E-state index in [1.54, 1.807) is 30.8 Å². The smallest absolute Gasteiger partial charge is 0.259 e. The number of nitrogens with one attached hydrogen (secondary N) is 2. The molecular weight excluding hydrogens is 413 g/mol. The number of piperidine rings is 1. The summed E-state index contributed by atoms with van der Waals surface area (Å²) >= 11 is 0. The van der Waals surface area contributed by atoms with Crippen molar-refractivity contribution in [3.05, 3.63) is 47.4 Å². The summed E-state index contributed by atoms with van der Waals surface area (Å²) in [5.41, 5.74) is 2.00. The zero-order valence-electron chi connectivity index (χ0n) is 18.6. The normalized spacial score (nSPS) is 14.6. The van der Waals surface area contributed by atoms with E-state index in [4.69, 9.17) is 4.74 Å². The molecule has 0 aromatic carbocycles. The summed E-state index contributed by atoms with van der Waals surface area (Å²) in [7, 11) is 1.55. The molecule has 0 aliphatic carbocycles. The molecule has 0 atom stereocenters. The van der Waals surface area contributed by atoms with Crippen LogP contribution in [0.15, 0.2) is 24.7 Å². The maximum absolute atomic E-state index is 14.4. The second-order valence-electron chi connectivity index (χ2n) is 7.87. The summed E-state index contributed by atoms with van der Waals surface area (Å²) in [4.78, 5) is 28.5. The first-order valence-electron chi connectivity index (χ1n) is 10.8. The minimum atomic E-state index is -0.514. The zero-order valence-corrected chi connectivity index (χ0v) is 18.6. The molecule has 0 unspecified atom stereocenters. The number of nitrogens with zero attached hydrogens (tertiary/aromatic N) is 5. The predicted octanol–water partition coefficient (Wildman–Crippen LogP) is 2.55. The van der Waals surface area contributed by atoms with Crippen molar-refractivity contribution in [2.24, 2.45) is 0 Å². The molecule has 1 fully saturated rings. The van der Waals surface area contributed by atoms with Crippen LogP contribution in [0.5, 0.6) is 0 Å². The highest BCUT2D eigenvalue weighted by Crippen LogP contribution is 2.21. The number of methoxy groups -OCH3 is 1. The molecule has 170 valence electrons. The Hall–Kier alpha value is -3.11. The molecular formula is C22H28FN7O2. The van der Waals surface area contributed by atoms with Crippen LogP contribution in [0.4, 0.5) is 16.0 Å². The monoisotopic (exact) mass is 441 g/mol. The SMILES string of the molecule is CCN(c1ncc(C(=O)Nc2cc(F)c3nc(C)cn3c2)c(COC)n1)C1CCNCC1. The molecule has 9 nitrogen and oxygen atoms in total. The van der Waals surface area contributed by atoms with Gasteiger partial charge in [0.05, 0.1) is 29.2 Å². The van der Waals surface area contributed by atoms with E-state index in [9.17, 15) is 9.18 Å². The zero-order chi connectivity index (χ0) is 22.7. The van der Waals surface area contributed by atoms with Gasteiger partial charge in [0, 0.05) is 44.4 Å². The predicted molar refractivity (Wildman–Crippen MR) is 119 cm³/mol. The molecule has 3 aromatic heterocycles. The summed E-state index contributed by atoms with van der Waals surface area (Å²) in [5.74, 6) is -0.353. The van der Waals surface area contributed by atoms with Crippen LogP contribution in [-0.4, -0.2) is 58.0 Å². The minimum absolute atomic E-state index is 0.163. The van der Waals surface area contributed by atoms with Crippen LogP contribution < -0.4 is 15.5 Å². The summed E-state index contributed by atoms with van der Waals surface area (Å²) < 4.78 is 21.2. The van der Waals surface area contributed by atoms with Crippen LogP contribution >= 0.6 is 0 Å². The molecule has 0 radical (unpaired) electrons. The van der Waals surface area contributed by atoms with Crippen LogP contribution in [0.2, 0.25) is 0 Å². The average molecular weight is 442 g/mol. The van der Waals surface area contributed by atoms with Crippen molar-refractivity contribution in [3.8, 4) is 0 Å². The van der Waals surface area contributed by atoms with Gasteiger partial charge in [-0.25, -0.2) is 19.3 Å². The molecule has 3 aromatic rings. The topological polar surface area (TPSA) is 96.7 Å². The van der Waals surface area contributed by atoms with Gasteiger partial charge >= 0.3 is 0 Å². The molecule has 1 saturated heterocycles. The Morgan fingerprint density at radius 3 is 2.84 bits per heavy atom. The number of amides is 1. The Morgan fingerprint density at radius 1 is 1.34 bits per heavy atom. The molecule has 4 heterocycles. The number of rotatable bonds is 7. The number of aromatic nitrogens is 4. The number of ether oxygens (including phenoxy) is 1. The molecule has 10 heteroatoms. The average Bonchev–Trinajstić information content (AvgIpc) is 3.16. The van der Waals surface area contributed by atoms with E-state index in [0.717, 1.165) is 32.5 Å². The molecule has 1 amide bonds. The quantitative estimate of drug-likeness (QED) is 0.582. The van der Waals surface area contributed by atoms with Gasteiger partial charge in [-0.15, -0.1) is 0 Å². The number of anilines is 2. The standard InChI is InChI=1S/C22H28FN7O2/c1-4-30(16-5-7-24-8-6-16)22-25-10-17(19(28-22)13-32-3)21(31)27-15-9-18(23)20-26-14(2)11-29(20)12-15/h9-12,16,24H,4-8,13H2,1-3H3,(H,27,31). The maximum atomic E-state index is 14.4. The van der Waals surface area contributed by atoms with Gasteiger partial charge in [0.15, 0.2) is 11.5 Å². The summed E-state index contributed by atoms with van der Waals surface area (Å²) in [6, 6.07) is 1.60. The molecule has 0 spiro atoms. The van der Waals surface area contributed by atoms with Crippen molar-refractivity contribution in [1.82, 2.24) is 24.7 Å².